The molecule has 31 heavy (non-hydrogen) atoms. The van der Waals surface area contributed by atoms with Crippen LogP contribution >= 0.6 is 11.3 Å². The minimum atomic E-state index is -0.185. The molecule has 0 radical (unpaired) electrons. The van der Waals surface area contributed by atoms with Crippen molar-refractivity contribution >= 4 is 33.1 Å². The highest BCUT2D eigenvalue weighted by Gasteiger charge is 2.13. The van der Waals surface area contributed by atoms with Crippen LogP contribution in [0.4, 0.5) is 5.69 Å². The van der Waals surface area contributed by atoms with Crippen molar-refractivity contribution in [1.82, 2.24) is 4.98 Å². The number of nitrogens with one attached hydrogen (secondary N) is 1. The lowest BCUT2D eigenvalue weighted by Gasteiger charge is -2.13. The Morgan fingerprint density at radius 2 is 1.84 bits per heavy atom. The number of hydrogen-bond donors (Lipinski definition) is 1. The third-order valence-corrected chi connectivity index (χ3v) is 6.63. The maximum absolute atomic E-state index is 12.5. The van der Waals surface area contributed by atoms with Gasteiger partial charge in [0.2, 0.25) is 0 Å². The average Bonchev–Trinajstić information content (AvgIpc) is 3.23. The summed E-state index contributed by atoms with van der Waals surface area (Å²) in [5.74, 6) is 1.03. The number of ether oxygens (including phenoxy) is 1. The van der Waals surface area contributed by atoms with E-state index < -0.39 is 0 Å². The van der Waals surface area contributed by atoms with Gasteiger partial charge in [0.1, 0.15) is 10.8 Å². The van der Waals surface area contributed by atoms with Gasteiger partial charge in [0.15, 0.2) is 6.61 Å². The molecule has 0 fully saturated rings. The van der Waals surface area contributed by atoms with Crippen LogP contribution in [0.25, 0.3) is 20.8 Å². The van der Waals surface area contributed by atoms with E-state index in [0.717, 1.165) is 38.5 Å². The Morgan fingerprint density at radius 1 is 1.06 bits per heavy atom. The molecule has 1 amide bonds. The van der Waals surface area contributed by atoms with Crippen LogP contribution < -0.4 is 10.1 Å². The second kappa shape index (κ2) is 9.31. The largest absolute Gasteiger partial charge is 0.484 e. The Bertz CT molecular complexity index is 1160. The summed E-state index contributed by atoms with van der Waals surface area (Å²) in [7, 11) is 0. The van der Waals surface area contributed by atoms with Crippen LogP contribution in [0.2, 0.25) is 0 Å². The number of carbonyl (C=O) groups is 1. The minimum Gasteiger partial charge on any atom is -0.484 e. The zero-order valence-electron chi connectivity index (χ0n) is 18.0. The highest BCUT2D eigenvalue weighted by atomic mass is 32.1. The fourth-order valence-electron chi connectivity index (χ4n) is 3.45. The summed E-state index contributed by atoms with van der Waals surface area (Å²) in [5, 5.41) is 3.93. The summed E-state index contributed by atoms with van der Waals surface area (Å²) in [6.07, 6.45) is 1.10. The molecule has 4 aromatic rings. The van der Waals surface area contributed by atoms with Gasteiger partial charge in [0.25, 0.3) is 5.91 Å². The summed E-state index contributed by atoms with van der Waals surface area (Å²) in [6.45, 7) is 6.35. The summed E-state index contributed by atoms with van der Waals surface area (Å²) in [6, 6.07) is 22.0. The Morgan fingerprint density at radius 3 is 2.58 bits per heavy atom. The quantitative estimate of drug-likeness (QED) is 0.351. The van der Waals surface area contributed by atoms with Crippen molar-refractivity contribution in [3.63, 3.8) is 0 Å². The van der Waals surface area contributed by atoms with Crippen LogP contribution in [-0.2, 0) is 4.79 Å². The summed E-state index contributed by atoms with van der Waals surface area (Å²) >= 11 is 1.66. The number of amides is 1. The predicted molar refractivity (Wildman–Crippen MR) is 129 cm³/mol. The van der Waals surface area contributed by atoms with Gasteiger partial charge in [-0.1, -0.05) is 50.2 Å². The molecule has 4 rings (SSSR count). The van der Waals surface area contributed by atoms with Crippen LogP contribution in [-0.4, -0.2) is 17.5 Å². The van der Waals surface area contributed by atoms with Gasteiger partial charge in [-0.05, 0) is 60.7 Å². The van der Waals surface area contributed by atoms with Crippen molar-refractivity contribution in [2.24, 2.45) is 0 Å². The van der Waals surface area contributed by atoms with E-state index in [4.69, 9.17) is 9.72 Å². The molecule has 1 aromatic heterocycles. The molecule has 0 saturated carbocycles. The van der Waals surface area contributed by atoms with Crippen molar-refractivity contribution in [2.45, 2.75) is 33.1 Å². The maximum atomic E-state index is 12.5. The first kappa shape index (κ1) is 21.1. The number of anilines is 1. The zero-order chi connectivity index (χ0) is 21.8. The van der Waals surface area contributed by atoms with Crippen molar-refractivity contribution in [3.05, 3.63) is 77.9 Å². The summed E-state index contributed by atoms with van der Waals surface area (Å²) in [4.78, 5) is 17.2. The molecule has 5 heteroatoms. The molecule has 0 saturated heterocycles. The molecule has 3 aromatic carbocycles. The normalized spacial score (nSPS) is 12.0. The Balaban J connectivity index is 1.43. The summed E-state index contributed by atoms with van der Waals surface area (Å²) in [5.41, 5.74) is 5.07. The number of hydrogen-bond acceptors (Lipinski definition) is 4. The number of aromatic nitrogens is 1. The molecule has 0 bridgehead atoms. The molecule has 0 aliphatic carbocycles. The van der Waals surface area contributed by atoms with Gasteiger partial charge in [-0.15, -0.1) is 11.3 Å². The van der Waals surface area contributed by atoms with Crippen LogP contribution in [0, 0.1) is 6.92 Å². The van der Waals surface area contributed by atoms with Crippen molar-refractivity contribution in [3.8, 4) is 16.3 Å². The lowest BCUT2D eigenvalue weighted by Crippen LogP contribution is -2.20. The van der Waals surface area contributed by atoms with Gasteiger partial charge >= 0.3 is 0 Å². The second-order valence-corrected chi connectivity index (χ2v) is 8.71. The summed E-state index contributed by atoms with van der Waals surface area (Å²) < 4.78 is 6.83. The van der Waals surface area contributed by atoms with E-state index in [2.05, 4.69) is 37.4 Å². The van der Waals surface area contributed by atoms with Gasteiger partial charge in [-0.2, -0.15) is 0 Å². The van der Waals surface area contributed by atoms with Gasteiger partial charge in [0.05, 0.1) is 10.2 Å². The minimum absolute atomic E-state index is 0.0342. The van der Waals surface area contributed by atoms with Crippen molar-refractivity contribution in [2.75, 3.05) is 11.9 Å². The van der Waals surface area contributed by atoms with Gasteiger partial charge < -0.3 is 10.1 Å². The lowest BCUT2D eigenvalue weighted by atomic mass is 9.99. The van der Waals surface area contributed by atoms with E-state index in [-0.39, 0.29) is 12.5 Å². The Hall–Kier alpha value is -3.18. The van der Waals surface area contributed by atoms with E-state index in [1.54, 1.807) is 11.3 Å². The third-order valence-electron chi connectivity index (χ3n) is 5.56. The monoisotopic (exact) mass is 430 g/mol. The van der Waals surface area contributed by atoms with Crippen molar-refractivity contribution in [1.29, 1.82) is 0 Å². The van der Waals surface area contributed by atoms with Crippen LogP contribution in [0.1, 0.15) is 37.3 Å². The fraction of sp³-hybridized carbons (Fsp3) is 0.231. The van der Waals surface area contributed by atoms with E-state index in [0.29, 0.717) is 11.7 Å². The molecule has 0 unspecified atom stereocenters. The smallest absolute Gasteiger partial charge is 0.262 e. The van der Waals surface area contributed by atoms with E-state index in [1.165, 1.54) is 5.56 Å². The van der Waals surface area contributed by atoms with Crippen molar-refractivity contribution < 1.29 is 9.53 Å². The molecular weight excluding hydrogens is 404 g/mol. The number of rotatable bonds is 7. The molecule has 1 heterocycles. The van der Waals surface area contributed by atoms with Crippen LogP contribution in [0.3, 0.4) is 0 Å². The standard InChI is InChI=1S/C26H26N2O2S/c1-4-17(2)19-12-14-20(15-13-19)30-16-25(29)27-22-10-7-8-21(18(22)3)26-28-23-9-5-6-11-24(23)31-26/h5-15,17H,4,16H2,1-3H3,(H,27,29)/t17-/m0/s1. The first-order valence-corrected chi connectivity index (χ1v) is 11.3. The molecule has 4 nitrogen and oxygen atoms in total. The van der Waals surface area contributed by atoms with Crippen LogP contribution in [0.5, 0.6) is 5.75 Å². The highest BCUT2D eigenvalue weighted by molar-refractivity contribution is 7.21. The number of fused-ring (bicyclic) bond motifs is 1. The molecule has 1 N–H and O–H groups in total. The number of benzene rings is 3. The lowest BCUT2D eigenvalue weighted by molar-refractivity contribution is -0.118. The Labute approximate surface area is 186 Å². The molecule has 0 aliphatic rings. The molecule has 0 spiro atoms. The Kier molecular flexibility index (Phi) is 6.33. The van der Waals surface area contributed by atoms with Gasteiger partial charge in [-0.25, -0.2) is 4.98 Å². The maximum Gasteiger partial charge on any atom is 0.262 e. The number of thiazole rings is 1. The SMILES string of the molecule is CC[C@H](C)c1ccc(OCC(=O)Nc2cccc(-c3nc4ccccc4s3)c2C)cc1. The van der Waals surface area contributed by atoms with E-state index >= 15 is 0 Å². The van der Waals surface area contributed by atoms with E-state index in [9.17, 15) is 4.79 Å². The third kappa shape index (κ3) is 4.78. The van der Waals surface area contributed by atoms with Gasteiger partial charge in [-0.3, -0.25) is 4.79 Å². The second-order valence-electron chi connectivity index (χ2n) is 7.68. The highest BCUT2D eigenvalue weighted by Crippen LogP contribution is 2.34. The molecular formula is C26H26N2O2S. The zero-order valence-corrected chi connectivity index (χ0v) is 18.8. The van der Waals surface area contributed by atoms with E-state index in [1.807, 2.05) is 55.5 Å². The molecule has 1 atom stereocenters. The molecule has 158 valence electrons. The number of nitrogens with zero attached hydrogens (tertiary/aromatic N) is 1. The predicted octanol–water partition coefficient (Wildman–Crippen LogP) is 6.80. The molecule has 0 aliphatic heterocycles. The first-order valence-electron chi connectivity index (χ1n) is 10.5. The van der Waals surface area contributed by atoms with Gasteiger partial charge in [0, 0.05) is 11.3 Å². The topological polar surface area (TPSA) is 51.2 Å². The first-order chi connectivity index (χ1) is 15.0. The number of carbonyl (C=O) groups excluding carboxylic acids is 1. The fourth-order valence-corrected chi connectivity index (χ4v) is 4.50. The number of para-hydroxylation sites is 1. The average molecular weight is 431 g/mol. The van der Waals surface area contributed by atoms with Crippen LogP contribution in [0.15, 0.2) is 66.7 Å².